The first-order chi connectivity index (χ1) is 9.39. The molecule has 20 heavy (non-hydrogen) atoms. The van der Waals surface area contributed by atoms with E-state index in [4.69, 9.17) is 4.74 Å². The van der Waals surface area contributed by atoms with Crippen LogP contribution in [0.1, 0.15) is 26.3 Å². The highest BCUT2D eigenvalue weighted by Crippen LogP contribution is 2.13. The van der Waals surface area contributed by atoms with Gasteiger partial charge in [-0.15, -0.1) is 0 Å². The van der Waals surface area contributed by atoms with Crippen molar-refractivity contribution in [2.45, 2.75) is 27.4 Å². The fourth-order valence-electron chi connectivity index (χ4n) is 1.20. The van der Waals surface area contributed by atoms with Gasteiger partial charge in [-0.05, 0) is 11.5 Å². The van der Waals surface area contributed by atoms with Gasteiger partial charge in [0, 0.05) is 5.41 Å². The van der Waals surface area contributed by atoms with Gasteiger partial charge in [-0.2, -0.15) is 0 Å². The van der Waals surface area contributed by atoms with Gasteiger partial charge in [0.2, 0.25) is 5.78 Å². The van der Waals surface area contributed by atoms with E-state index in [0.717, 1.165) is 5.56 Å². The summed E-state index contributed by atoms with van der Waals surface area (Å²) in [5.41, 5.74) is 0.428. The minimum absolute atomic E-state index is 0.0927. The molecule has 1 aromatic rings. The molecule has 0 aliphatic rings. The average molecular weight is 273 g/mol. The Morgan fingerprint density at radius 1 is 1.20 bits per heavy atom. The zero-order chi connectivity index (χ0) is 15.0. The minimum Gasteiger partial charge on any atom is -0.445 e. The Kier molecular flexibility index (Phi) is 5.79. The molecule has 0 bridgehead atoms. The predicted octanol–water partition coefficient (Wildman–Crippen LogP) is 2.53. The lowest BCUT2D eigenvalue weighted by Crippen LogP contribution is -2.25. The van der Waals surface area contributed by atoms with Crippen molar-refractivity contribution in [3.63, 3.8) is 0 Å². The summed E-state index contributed by atoms with van der Waals surface area (Å²) in [7, 11) is 0. The molecule has 0 spiro atoms. The Bertz CT molecular complexity index is 518. The van der Waals surface area contributed by atoms with E-state index in [1.165, 1.54) is 0 Å². The SMILES string of the molecule is CC(C)(C)C(=O)C#CCNC(=O)OCc1ccccc1. The summed E-state index contributed by atoms with van der Waals surface area (Å²) in [5.74, 6) is 4.95. The van der Waals surface area contributed by atoms with Crippen LogP contribution in [0.25, 0.3) is 0 Å². The topological polar surface area (TPSA) is 55.4 Å². The second-order valence-electron chi connectivity index (χ2n) is 5.30. The Hall–Kier alpha value is -2.28. The molecule has 106 valence electrons. The van der Waals surface area contributed by atoms with Crippen molar-refractivity contribution in [3.05, 3.63) is 35.9 Å². The van der Waals surface area contributed by atoms with E-state index in [0.29, 0.717) is 0 Å². The number of amides is 1. The number of ether oxygens (including phenoxy) is 1. The maximum atomic E-state index is 11.5. The Balaban J connectivity index is 2.28. The van der Waals surface area contributed by atoms with E-state index in [9.17, 15) is 9.59 Å². The number of alkyl carbamates (subject to hydrolysis) is 1. The van der Waals surface area contributed by atoms with E-state index in [1.807, 2.05) is 30.3 Å². The van der Waals surface area contributed by atoms with Gasteiger partial charge in [-0.3, -0.25) is 4.79 Å². The van der Waals surface area contributed by atoms with Gasteiger partial charge in [0.1, 0.15) is 6.61 Å². The molecule has 1 N–H and O–H groups in total. The molecular formula is C16H19NO3. The van der Waals surface area contributed by atoms with Crippen LogP contribution in [0, 0.1) is 17.3 Å². The molecule has 0 aromatic heterocycles. The summed E-state index contributed by atoms with van der Waals surface area (Å²) >= 11 is 0. The van der Waals surface area contributed by atoms with E-state index in [2.05, 4.69) is 17.2 Å². The number of rotatable bonds is 3. The molecule has 0 aliphatic carbocycles. The first-order valence-electron chi connectivity index (χ1n) is 6.37. The second-order valence-corrected chi connectivity index (χ2v) is 5.30. The monoisotopic (exact) mass is 273 g/mol. The molecule has 0 saturated heterocycles. The van der Waals surface area contributed by atoms with Crippen LogP contribution in [-0.2, 0) is 16.1 Å². The maximum absolute atomic E-state index is 11.5. The summed E-state index contributed by atoms with van der Waals surface area (Å²) in [6, 6.07) is 9.38. The quantitative estimate of drug-likeness (QED) is 0.680. The highest BCUT2D eigenvalue weighted by Gasteiger charge is 2.18. The third-order valence-electron chi connectivity index (χ3n) is 2.42. The molecule has 1 rings (SSSR count). The molecule has 4 nitrogen and oxygen atoms in total. The normalized spacial score (nSPS) is 10.2. The summed E-state index contributed by atoms with van der Waals surface area (Å²) in [5, 5.41) is 2.47. The van der Waals surface area contributed by atoms with Crippen molar-refractivity contribution in [1.29, 1.82) is 0 Å². The van der Waals surface area contributed by atoms with Gasteiger partial charge < -0.3 is 10.1 Å². The van der Waals surface area contributed by atoms with Crippen LogP contribution >= 0.6 is 0 Å². The molecule has 0 fully saturated rings. The van der Waals surface area contributed by atoms with Crippen LogP contribution in [0.3, 0.4) is 0 Å². The van der Waals surface area contributed by atoms with Gasteiger partial charge in [-0.25, -0.2) is 4.79 Å². The molecule has 0 radical (unpaired) electrons. The summed E-state index contributed by atoms with van der Waals surface area (Å²) < 4.78 is 5.00. The van der Waals surface area contributed by atoms with E-state index in [-0.39, 0.29) is 18.9 Å². The summed E-state index contributed by atoms with van der Waals surface area (Å²) in [6.07, 6.45) is -0.550. The van der Waals surface area contributed by atoms with E-state index in [1.54, 1.807) is 20.8 Å². The standard InChI is InChI=1S/C16H19NO3/c1-16(2,3)14(18)10-7-11-17-15(19)20-12-13-8-5-4-6-9-13/h4-6,8-9H,11-12H2,1-3H3,(H,17,19). The highest BCUT2D eigenvalue weighted by atomic mass is 16.5. The predicted molar refractivity (Wildman–Crippen MR) is 76.9 cm³/mol. The molecule has 0 atom stereocenters. The zero-order valence-electron chi connectivity index (χ0n) is 12.0. The lowest BCUT2D eigenvalue weighted by molar-refractivity contribution is -0.120. The molecule has 4 heteroatoms. The summed E-state index contributed by atoms with van der Waals surface area (Å²) in [4.78, 5) is 22.9. The third-order valence-corrected chi connectivity index (χ3v) is 2.42. The first-order valence-corrected chi connectivity index (χ1v) is 6.37. The molecule has 1 amide bonds. The third kappa shape index (κ3) is 6.05. The van der Waals surface area contributed by atoms with Crippen molar-refractivity contribution in [1.82, 2.24) is 5.32 Å². The number of carbonyl (C=O) groups excluding carboxylic acids is 2. The van der Waals surface area contributed by atoms with Gasteiger partial charge in [0.05, 0.1) is 6.54 Å². The molecule has 0 heterocycles. The largest absolute Gasteiger partial charge is 0.445 e. The highest BCUT2D eigenvalue weighted by molar-refractivity contribution is 5.99. The number of ketones is 1. The van der Waals surface area contributed by atoms with Crippen molar-refractivity contribution < 1.29 is 14.3 Å². The van der Waals surface area contributed by atoms with Crippen LogP contribution < -0.4 is 5.32 Å². The summed E-state index contributed by atoms with van der Waals surface area (Å²) in [6.45, 7) is 5.69. The van der Waals surface area contributed by atoms with Crippen molar-refractivity contribution in [2.24, 2.45) is 5.41 Å². The van der Waals surface area contributed by atoms with Gasteiger partial charge in [0.25, 0.3) is 0 Å². The fraction of sp³-hybridized carbons (Fsp3) is 0.375. The lowest BCUT2D eigenvalue weighted by Gasteiger charge is -2.10. The Morgan fingerprint density at radius 3 is 2.45 bits per heavy atom. The molecular weight excluding hydrogens is 254 g/mol. The molecule has 0 unspecified atom stereocenters. The van der Waals surface area contributed by atoms with Crippen LogP contribution in [0.2, 0.25) is 0 Å². The number of nitrogens with one attached hydrogen (secondary N) is 1. The Labute approximate surface area is 119 Å². The second kappa shape index (κ2) is 7.34. The number of Topliss-reactive ketones (excluding diaryl/α,β-unsaturated/α-hetero) is 1. The van der Waals surface area contributed by atoms with Crippen molar-refractivity contribution in [2.75, 3.05) is 6.54 Å². The first kappa shape index (κ1) is 15.8. The maximum Gasteiger partial charge on any atom is 0.408 e. The molecule has 0 saturated carbocycles. The van der Waals surface area contributed by atoms with Crippen molar-refractivity contribution in [3.8, 4) is 11.8 Å². The molecule has 0 aliphatic heterocycles. The van der Waals surface area contributed by atoms with Gasteiger partial charge in [0.15, 0.2) is 0 Å². The van der Waals surface area contributed by atoms with E-state index < -0.39 is 11.5 Å². The number of carbonyl (C=O) groups is 2. The lowest BCUT2D eigenvalue weighted by atomic mass is 9.91. The van der Waals surface area contributed by atoms with Crippen LogP contribution in [0.5, 0.6) is 0 Å². The van der Waals surface area contributed by atoms with Crippen LogP contribution in [0.15, 0.2) is 30.3 Å². The van der Waals surface area contributed by atoms with Crippen molar-refractivity contribution >= 4 is 11.9 Å². The van der Waals surface area contributed by atoms with Crippen LogP contribution in [-0.4, -0.2) is 18.4 Å². The smallest absolute Gasteiger partial charge is 0.408 e. The van der Waals surface area contributed by atoms with Gasteiger partial charge >= 0.3 is 6.09 Å². The Morgan fingerprint density at radius 2 is 1.85 bits per heavy atom. The van der Waals surface area contributed by atoms with Gasteiger partial charge in [-0.1, -0.05) is 57.0 Å². The zero-order valence-corrected chi connectivity index (χ0v) is 12.0. The number of hydrogen-bond donors (Lipinski definition) is 1. The number of benzene rings is 1. The van der Waals surface area contributed by atoms with Crippen LogP contribution in [0.4, 0.5) is 4.79 Å². The van der Waals surface area contributed by atoms with E-state index >= 15 is 0 Å². The fourth-order valence-corrected chi connectivity index (χ4v) is 1.20. The molecule has 1 aromatic carbocycles. The average Bonchev–Trinajstić information content (AvgIpc) is 2.41. The number of hydrogen-bond acceptors (Lipinski definition) is 3. The minimum atomic E-state index is -0.550.